The Hall–Kier alpha value is -1.65. The summed E-state index contributed by atoms with van der Waals surface area (Å²) in [6, 6.07) is 0.850. The number of carbonyl (C=O) groups excluding carboxylic acids is 1. The molecular formula is C12H18N2O3. The number of aromatic nitrogens is 2. The highest BCUT2D eigenvalue weighted by atomic mass is 16.5. The third kappa shape index (κ3) is 3.41. The molecule has 0 spiro atoms. The Morgan fingerprint density at radius 1 is 1.59 bits per heavy atom. The zero-order valence-electron chi connectivity index (χ0n) is 10.5. The van der Waals surface area contributed by atoms with E-state index in [4.69, 9.17) is 4.74 Å². The van der Waals surface area contributed by atoms with Crippen LogP contribution in [0.3, 0.4) is 0 Å². The normalized spacial score (nSPS) is 12.2. The molecule has 0 N–H and O–H groups in total. The van der Waals surface area contributed by atoms with Gasteiger partial charge in [-0.05, 0) is 18.9 Å². The molecule has 0 saturated heterocycles. The summed E-state index contributed by atoms with van der Waals surface area (Å²) in [6.45, 7) is 3.82. The van der Waals surface area contributed by atoms with Crippen molar-refractivity contribution in [2.24, 2.45) is 0 Å². The van der Waals surface area contributed by atoms with E-state index in [1.54, 1.807) is 13.1 Å². The van der Waals surface area contributed by atoms with Crippen LogP contribution in [0.5, 0.6) is 0 Å². The van der Waals surface area contributed by atoms with Gasteiger partial charge in [0.1, 0.15) is 0 Å². The predicted octanol–water partition coefficient (Wildman–Crippen LogP) is 1.46. The van der Waals surface area contributed by atoms with Crippen LogP contribution in [0.1, 0.15) is 37.8 Å². The number of unbranched alkanes of at least 4 members (excludes halogenated alkanes) is 1. The van der Waals surface area contributed by atoms with Gasteiger partial charge < -0.3 is 4.74 Å². The first-order valence-corrected chi connectivity index (χ1v) is 5.73. The van der Waals surface area contributed by atoms with Crippen molar-refractivity contribution in [1.29, 1.82) is 0 Å². The van der Waals surface area contributed by atoms with E-state index >= 15 is 0 Å². The van der Waals surface area contributed by atoms with Crippen molar-refractivity contribution in [3.05, 3.63) is 28.2 Å². The first kappa shape index (κ1) is 13.4. The Kier molecular flexibility index (Phi) is 4.87. The van der Waals surface area contributed by atoms with Gasteiger partial charge in [-0.1, -0.05) is 19.8 Å². The summed E-state index contributed by atoms with van der Waals surface area (Å²) in [5, 5.41) is 4.00. The SMILES string of the molecule is CCCCC(C(=O)OC)n1ncc(C)cc1=O. The van der Waals surface area contributed by atoms with Gasteiger partial charge in [0.25, 0.3) is 5.56 Å². The monoisotopic (exact) mass is 238 g/mol. The molecule has 5 nitrogen and oxygen atoms in total. The van der Waals surface area contributed by atoms with E-state index in [9.17, 15) is 9.59 Å². The van der Waals surface area contributed by atoms with Gasteiger partial charge in [-0.25, -0.2) is 9.48 Å². The number of esters is 1. The number of rotatable bonds is 5. The van der Waals surface area contributed by atoms with E-state index < -0.39 is 12.0 Å². The maximum absolute atomic E-state index is 11.8. The molecule has 0 fully saturated rings. The first-order chi connectivity index (χ1) is 8.10. The predicted molar refractivity (Wildman–Crippen MR) is 63.8 cm³/mol. The highest BCUT2D eigenvalue weighted by Gasteiger charge is 2.22. The average molecular weight is 238 g/mol. The minimum Gasteiger partial charge on any atom is -0.467 e. The van der Waals surface area contributed by atoms with Crippen LogP contribution >= 0.6 is 0 Å². The third-order valence-electron chi connectivity index (χ3n) is 2.56. The van der Waals surface area contributed by atoms with Gasteiger partial charge >= 0.3 is 5.97 Å². The van der Waals surface area contributed by atoms with Crippen molar-refractivity contribution >= 4 is 5.97 Å². The molecular weight excluding hydrogens is 220 g/mol. The second-order valence-corrected chi connectivity index (χ2v) is 4.00. The number of methoxy groups -OCH3 is 1. The Bertz CT molecular complexity index is 440. The molecule has 1 heterocycles. The maximum atomic E-state index is 11.8. The molecule has 1 aromatic rings. The van der Waals surface area contributed by atoms with Gasteiger partial charge in [0.15, 0.2) is 6.04 Å². The van der Waals surface area contributed by atoms with Crippen LogP contribution in [0, 0.1) is 6.92 Å². The molecule has 0 aliphatic carbocycles. The molecule has 1 atom stereocenters. The summed E-state index contributed by atoms with van der Waals surface area (Å²) >= 11 is 0. The number of hydrogen-bond donors (Lipinski definition) is 0. The Balaban J connectivity index is 3.03. The van der Waals surface area contributed by atoms with E-state index in [0.29, 0.717) is 6.42 Å². The van der Waals surface area contributed by atoms with Crippen molar-refractivity contribution < 1.29 is 9.53 Å². The fraction of sp³-hybridized carbons (Fsp3) is 0.583. The standard InChI is InChI=1S/C12H18N2O3/c1-4-5-6-10(12(16)17-3)14-11(15)7-9(2)8-13-14/h7-8,10H,4-6H2,1-3H3. The molecule has 0 aliphatic heterocycles. The average Bonchev–Trinajstić information content (AvgIpc) is 2.31. The van der Waals surface area contributed by atoms with Crippen molar-refractivity contribution in [3.63, 3.8) is 0 Å². The maximum Gasteiger partial charge on any atom is 0.330 e. The molecule has 17 heavy (non-hydrogen) atoms. The second kappa shape index (κ2) is 6.18. The van der Waals surface area contributed by atoms with E-state index in [0.717, 1.165) is 18.4 Å². The fourth-order valence-electron chi connectivity index (χ4n) is 1.62. The molecule has 0 aromatic carbocycles. The molecule has 0 bridgehead atoms. The lowest BCUT2D eigenvalue weighted by Crippen LogP contribution is -2.32. The second-order valence-electron chi connectivity index (χ2n) is 4.00. The Morgan fingerprint density at radius 2 is 2.29 bits per heavy atom. The number of carbonyl (C=O) groups is 1. The molecule has 0 radical (unpaired) electrons. The lowest BCUT2D eigenvalue weighted by Gasteiger charge is -2.15. The number of nitrogens with zero attached hydrogens (tertiary/aromatic N) is 2. The molecule has 1 unspecified atom stereocenters. The fourth-order valence-corrected chi connectivity index (χ4v) is 1.62. The number of ether oxygens (including phenoxy) is 1. The molecule has 0 amide bonds. The zero-order chi connectivity index (χ0) is 12.8. The highest BCUT2D eigenvalue weighted by Crippen LogP contribution is 2.13. The highest BCUT2D eigenvalue weighted by molar-refractivity contribution is 5.73. The van der Waals surface area contributed by atoms with Crippen molar-refractivity contribution in [3.8, 4) is 0 Å². The zero-order valence-corrected chi connectivity index (χ0v) is 10.5. The molecule has 1 rings (SSSR count). The molecule has 0 aliphatic rings. The summed E-state index contributed by atoms with van der Waals surface area (Å²) in [6.07, 6.45) is 3.94. The summed E-state index contributed by atoms with van der Waals surface area (Å²) in [4.78, 5) is 23.4. The summed E-state index contributed by atoms with van der Waals surface area (Å²) in [5.41, 5.74) is 0.516. The van der Waals surface area contributed by atoms with Crippen LogP contribution in [-0.4, -0.2) is 22.9 Å². The third-order valence-corrected chi connectivity index (χ3v) is 2.56. The van der Waals surface area contributed by atoms with Gasteiger partial charge in [0.05, 0.1) is 13.3 Å². The van der Waals surface area contributed by atoms with E-state index in [2.05, 4.69) is 5.10 Å². The van der Waals surface area contributed by atoms with Crippen LogP contribution in [0.15, 0.2) is 17.1 Å². The quantitative estimate of drug-likeness (QED) is 0.728. The molecule has 5 heteroatoms. The Labute approximate surface area is 100 Å². The lowest BCUT2D eigenvalue weighted by molar-refractivity contribution is -0.145. The number of hydrogen-bond acceptors (Lipinski definition) is 4. The smallest absolute Gasteiger partial charge is 0.330 e. The van der Waals surface area contributed by atoms with E-state index in [1.165, 1.54) is 17.9 Å². The molecule has 1 aromatic heterocycles. The van der Waals surface area contributed by atoms with Crippen molar-refractivity contribution in [1.82, 2.24) is 9.78 Å². The van der Waals surface area contributed by atoms with Gasteiger partial charge in [-0.2, -0.15) is 5.10 Å². The Morgan fingerprint density at radius 3 is 2.82 bits per heavy atom. The molecule has 94 valence electrons. The minimum absolute atomic E-state index is 0.267. The van der Waals surface area contributed by atoms with Crippen LogP contribution in [0.2, 0.25) is 0 Å². The summed E-state index contributed by atoms with van der Waals surface area (Å²) in [7, 11) is 1.32. The van der Waals surface area contributed by atoms with Crippen molar-refractivity contribution in [2.45, 2.75) is 39.2 Å². The lowest BCUT2D eigenvalue weighted by atomic mass is 10.1. The largest absolute Gasteiger partial charge is 0.467 e. The van der Waals surface area contributed by atoms with E-state index in [-0.39, 0.29) is 5.56 Å². The topological polar surface area (TPSA) is 61.2 Å². The van der Waals surface area contributed by atoms with Crippen LogP contribution in [-0.2, 0) is 9.53 Å². The van der Waals surface area contributed by atoms with Crippen molar-refractivity contribution in [2.75, 3.05) is 7.11 Å². The van der Waals surface area contributed by atoms with Crippen LogP contribution in [0.4, 0.5) is 0 Å². The van der Waals surface area contributed by atoms with E-state index in [1.807, 2.05) is 6.92 Å². The van der Waals surface area contributed by atoms with Gasteiger partial charge in [0, 0.05) is 6.07 Å². The van der Waals surface area contributed by atoms with Gasteiger partial charge in [0.2, 0.25) is 0 Å². The minimum atomic E-state index is -0.618. The van der Waals surface area contributed by atoms with Gasteiger partial charge in [-0.3, -0.25) is 4.79 Å². The first-order valence-electron chi connectivity index (χ1n) is 5.73. The summed E-state index contributed by atoms with van der Waals surface area (Å²) in [5.74, 6) is -0.420. The molecule has 0 saturated carbocycles. The van der Waals surface area contributed by atoms with Crippen LogP contribution in [0.25, 0.3) is 0 Å². The number of aryl methyl sites for hydroxylation is 1. The summed E-state index contributed by atoms with van der Waals surface area (Å²) < 4.78 is 5.91. The van der Waals surface area contributed by atoms with Crippen LogP contribution < -0.4 is 5.56 Å². The van der Waals surface area contributed by atoms with Gasteiger partial charge in [-0.15, -0.1) is 0 Å².